The summed E-state index contributed by atoms with van der Waals surface area (Å²) in [5.74, 6) is -0.398. The molecular weight excluding hydrogens is 1210 g/mol. The molecule has 0 bridgehead atoms. The lowest BCUT2D eigenvalue weighted by Crippen LogP contribution is -2.57. The molecule has 7 amide bonds. The van der Waals surface area contributed by atoms with Crippen molar-refractivity contribution in [1.29, 1.82) is 0 Å². The van der Waals surface area contributed by atoms with Gasteiger partial charge in [-0.25, -0.2) is 23.3 Å². The molecule has 6 aliphatic heterocycles. The van der Waals surface area contributed by atoms with Crippen molar-refractivity contribution in [3.63, 3.8) is 0 Å². The number of halogens is 3. The Morgan fingerprint density at radius 3 is 2.03 bits per heavy atom. The predicted octanol–water partition coefficient (Wildman–Crippen LogP) is 2.01. The summed E-state index contributed by atoms with van der Waals surface area (Å²) in [6.07, 6.45) is 8.43. The minimum absolute atomic E-state index is 0.0678. The maximum Gasteiger partial charge on any atom is 0.491 e. The van der Waals surface area contributed by atoms with Crippen molar-refractivity contribution in [3.05, 3.63) is 89.7 Å². The highest BCUT2D eigenvalue weighted by Crippen LogP contribution is 2.50. The third-order valence-electron chi connectivity index (χ3n) is 15.0. The number of ether oxygens (including phenoxy) is 2. The lowest BCUT2D eigenvalue weighted by atomic mass is 10.0. The first-order valence-corrected chi connectivity index (χ1v) is 29.1. The van der Waals surface area contributed by atoms with E-state index in [0.29, 0.717) is 75.3 Å². The van der Waals surface area contributed by atoms with E-state index in [4.69, 9.17) is 32.7 Å². The maximum absolute atomic E-state index is 12.4. The Balaban J connectivity index is 0.000000133. The Morgan fingerprint density at radius 1 is 0.789 bits per heavy atom. The van der Waals surface area contributed by atoms with Gasteiger partial charge in [-0.05, 0) is 123 Å². The fraction of sp³-hybridized carbons (Fsp3) is 0.553. The molecule has 0 radical (unpaired) electrons. The highest BCUT2D eigenvalue weighted by Gasteiger charge is 2.66. The number of hydrogen-bond acceptors (Lipinski definition) is 13. The molecule has 4 aromatic heterocycles. The van der Waals surface area contributed by atoms with Gasteiger partial charge in [0.1, 0.15) is 28.8 Å². The summed E-state index contributed by atoms with van der Waals surface area (Å²) in [5, 5.41) is 32.9. The van der Waals surface area contributed by atoms with Crippen LogP contribution in [0, 0.1) is 0 Å². The molecule has 12 rings (SSSR count). The van der Waals surface area contributed by atoms with Crippen molar-refractivity contribution in [1.82, 2.24) is 54.7 Å². The van der Waals surface area contributed by atoms with Crippen LogP contribution in [-0.4, -0.2) is 174 Å². The molecule has 8 N–H and O–H groups in total. The lowest BCUT2D eigenvalue weighted by molar-refractivity contribution is -0.424. The molecule has 1 unspecified atom stereocenters. The molecule has 1 spiro atoms. The van der Waals surface area contributed by atoms with Gasteiger partial charge in [-0.2, -0.15) is 9.37 Å². The summed E-state index contributed by atoms with van der Waals surface area (Å²) < 4.78 is 50.9. The van der Waals surface area contributed by atoms with E-state index in [1.807, 2.05) is 48.9 Å². The molecule has 29 heteroatoms. The fourth-order valence-corrected chi connectivity index (χ4v) is 13.6. The molecule has 76 heavy (non-hydrogen) atoms. The third kappa shape index (κ3) is 10.6. The number of nitrogens with zero attached hydrogens (tertiary/aromatic N) is 6. The van der Waals surface area contributed by atoms with Gasteiger partial charge in [-0.1, -0.05) is 0 Å². The van der Waals surface area contributed by atoms with Crippen molar-refractivity contribution in [3.8, 4) is 0 Å². The number of fused-ring (bicyclic) bond motifs is 10. The number of nitrogens with one attached hydrogen (secondary N) is 6. The van der Waals surface area contributed by atoms with Gasteiger partial charge in [-0.3, -0.25) is 23.9 Å². The highest BCUT2D eigenvalue weighted by atomic mass is 79.9. The molecule has 4 fully saturated rings. The van der Waals surface area contributed by atoms with Crippen LogP contribution in [0.1, 0.15) is 107 Å². The maximum atomic E-state index is 12.4. The Labute approximate surface area is 461 Å². The average Bonchev–Trinajstić information content (AvgIpc) is 4.32. The van der Waals surface area contributed by atoms with Gasteiger partial charge in [0.25, 0.3) is 17.7 Å². The first-order valence-electron chi connectivity index (χ1n) is 24.9. The largest absolute Gasteiger partial charge is 0.748 e. The van der Waals surface area contributed by atoms with Crippen LogP contribution in [0.2, 0.25) is 0 Å². The number of amides is 7. The number of aliphatic hydroxyl groups excluding tert-OH is 2. The van der Waals surface area contributed by atoms with E-state index < -0.39 is 22.1 Å². The number of H-pyrrole nitrogens is 1. The minimum atomic E-state index is -3.92. The molecule has 4 aromatic rings. The Morgan fingerprint density at radius 2 is 1.38 bits per heavy atom. The van der Waals surface area contributed by atoms with Crippen LogP contribution in [0.25, 0.3) is 0 Å². The second-order valence-corrected chi connectivity index (χ2v) is 23.4. The predicted molar refractivity (Wildman–Crippen MR) is 280 cm³/mol. The quantitative estimate of drug-likeness (QED) is 0.0606. The number of unbranched alkanes of at least 4 members (excludes halogenated alkanes) is 2. The van der Waals surface area contributed by atoms with Crippen molar-refractivity contribution >= 4 is 93.4 Å². The number of imidazole rings is 1. The number of carbonyl (C=O) groups is 5. The lowest BCUT2D eigenvalue weighted by Gasteiger charge is -2.35. The van der Waals surface area contributed by atoms with E-state index in [0.717, 1.165) is 57.3 Å². The number of aromatic amines is 1. The van der Waals surface area contributed by atoms with Gasteiger partial charge in [-0.15, -0.1) is 0 Å². The van der Waals surface area contributed by atoms with Gasteiger partial charge in [0.15, 0.2) is 18.0 Å². The third-order valence-corrected chi connectivity index (χ3v) is 17.0. The van der Waals surface area contributed by atoms with Gasteiger partial charge >= 0.3 is 17.8 Å². The van der Waals surface area contributed by atoms with Crippen LogP contribution in [0.3, 0.4) is 0 Å². The zero-order valence-corrected chi connectivity index (χ0v) is 47.0. The molecule has 2 aliphatic carbocycles. The highest BCUT2D eigenvalue weighted by molar-refractivity contribution is 9.11. The SMILES string of the molecule is CO[C@H]1NC(=O)c2ccc(Br)n2[C@@H]1Cc1c[nH]c(=O)n1CCCCO.CS(=O)(=O)[O-].O=C1N[C@@H]2[C@@H](CC34OCCCCN3C(=O)N[C@@H]24)n2c(Br)ccc21.O=C1N[C@H]2[C@@H]3NC(=O)[N+](CCCCO)=C3C[C@H]2n2c(Br)ccc21. The van der Waals surface area contributed by atoms with Crippen molar-refractivity contribution in [2.45, 2.75) is 119 Å². The van der Waals surface area contributed by atoms with Gasteiger partial charge < -0.3 is 64.2 Å². The van der Waals surface area contributed by atoms with Gasteiger partial charge in [0, 0.05) is 77.4 Å². The Hall–Kier alpha value is -5.14. The van der Waals surface area contributed by atoms with Crippen molar-refractivity contribution in [2.24, 2.45) is 0 Å². The Kier molecular flexibility index (Phi) is 16.6. The topological polar surface area (TPSA) is 320 Å². The number of methoxy groups -OCH3 is 1. The van der Waals surface area contributed by atoms with Crippen LogP contribution in [0.4, 0.5) is 9.59 Å². The smallest absolute Gasteiger partial charge is 0.491 e. The fourth-order valence-electron chi connectivity index (χ4n) is 11.8. The summed E-state index contributed by atoms with van der Waals surface area (Å²) in [6.45, 7) is 2.73. The van der Waals surface area contributed by atoms with Gasteiger partial charge in [0.05, 0.1) is 60.7 Å². The number of carbonyl (C=O) groups excluding carboxylic acids is 5. The number of hydrogen-bond donors (Lipinski definition) is 8. The zero-order chi connectivity index (χ0) is 54.4. The molecule has 8 aliphatic rings. The van der Waals surface area contributed by atoms with Crippen LogP contribution in [0.5, 0.6) is 0 Å². The van der Waals surface area contributed by atoms with E-state index in [1.165, 1.54) is 0 Å². The number of rotatable bonds is 11. The standard InChI is InChI=1S/C16H21BrN4O4.2C15H17BrN4O3.CH4O3S/c1-25-15-12(21-11(14(23)19-15)4-5-13(21)17)8-10-9-18-16(24)20(10)6-2-3-7-22;16-10-4-3-8-13(21)17-11-9(20(8)10)7-15-12(11)18-14(22)19(15)5-1-2-6-23-15;16-11-4-3-8-14(22)17-13-10(20(8)11)7-9-12(13)18-15(23)19(9)5-1-2-6-21;1-5(2,3)4/h4-5,9,12,15,22H,2-3,6-8H2,1H3,(H,18,24)(H,19,23);3-4,9,11-12H,1-2,5-7H2,(H,17,21)(H,18,22);3-4,10,12-13,21H,1-2,5-7H2,(H-,17,18,22,23);1H3,(H,2,3,4)/t12-,15-;9-,11-,12+,15?;10-,12-,13-;/m111./s1. The van der Waals surface area contributed by atoms with Crippen molar-refractivity contribution in [2.75, 3.05) is 46.3 Å². The van der Waals surface area contributed by atoms with E-state index in [-0.39, 0.29) is 91.0 Å². The second-order valence-electron chi connectivity index (χ2n) is 19.5. The monoisotopic (exact) mass is 1270 g/mol. The first-order chi connectivity index (χ1) is 36.3. The number of aromatic nitrogens is 5. The van der Waals surface area contributed by atoms with E-state index in [9.17, 15) is 28.8 Å². The average molecular weight is 1270 g/mol. The van der Waals surface area contributed by atoms with Crippen LogP contribution in [-0.2, 0) is 32.6 Å². The first kappa shape index (κ1) is 55.6. The van der Waals surface area contributed by atoms with E-state index >= 15 is 0 Å². The van der Waals surface area contributed by atoms with Crippen molar-refractivity contribution < 1.29 is 61.2 Å². The second kappa shape index (κ2) is 22.7. The molecular formula is C47H59Br3N12O13S. The van der Waals surface area contributed by atoms with Crippen LogP contribution >= 0.6 is 47.8 Å². The number of urea groups is 2. The zero-order valence-electron chi connectivity index (χ0n) is 41.4. The molecule has 9 atom stereocenters. The summed E-state index contributed by atoms with van der Waals surface area (Å²) in [7, 11) is -2.37. The molecule has 412 valence electrons. The summed E-state index contributed by atoms with van der Waals surface area (Å²) >= 11 is 10.6. The molecule has 10 heterocycles. The minimum Gasteiger partial charge on any atom is -0.748 e. The molecule has 2 saturated heterocycles. The molecule has 2 saturated carbocycles. The van der Waals surface area contributed by atoms with Crippen LogP contribution < -0.4 is 32.3 Å². The van der Waals surface area contributed by atoms with E-state index in [2.05, 4.69) is 79.4 Å². The molecule has 0 aromatic carbocycles. The summed E-state index contributed by atoms with van der Waals surface area (Å²) in [4.78, 5) is 78.1. The normalized spacial score (nSPS) is 27.4. The Bertz CT molecular complexity index is 3110. The molecule has 25 nitrogen and oxygen atoms in total. The summed E-state index contributed by atoms with van der Waals surface area (Å²) in [5.41, 5.74) is 2.90. The summed E-state index contributed by atoms with van der Waals surface area (Å²) in [6, 6.07) is 10.1. The van der Waals surface area contributed by atoms with Crippen LogP contribution in [0.15, 0.2) is 61.2 Å². The number of aliphatic hydroxyl groups is 2. The van der Waals surface area contributed by atoms with Gasteiger partial charge in [0.2, 0.25) is 0 Å². The van der Waals surface area contributed by atoms with E-state index in [1.54, 1.807) is 28.5 Å².